The molecular weight excluding hydrogens is 1680 g/mol. The smallest absolute Gasteiger partial charge is 0.0622 e. The molecule has 22 aromatic carbocycles. The average molecular weight is 1790 g/mol. The first kappa shape index (κ1) is 86.9. The minimum Gasteiger partial charge on any atom is -0.0622 e. The highest BCUT2D eigenvalue weighted by atomic mass is 14.5. The van der Waals surface area contributed by atoms with E-state index in [1.807, 2.05) is 0 Å². The van der Waals surface area contributed by atoms with Crippen molar-refractivity contribution in [3.05, 3.63) is 669 Å². The molecular formula is C140H104. The third-order valence-corrected chi connectivity index (χ3v) is 29.8. The van der Waals surface area contributed by atoms with Crippen LogP contribution in [0.2, 0.25) is 0 Å². The molecule has 0 saturated heterocycles. The van der Waals surface area contributed by atoms with Crippen LogP contribution in [0.3, 0.4) is 0 Å². The van der Waals surface area contributed by atoms with E-state index in [1.165, 1.54) is 223 Å². The molecule has 0 heteroatoms. The van der Waals surface area contributed by atoms with Crippen molar-refractivity contribution in [3.8, 4) is 111 Å². The SMILES string of the molecule is Cc1ccc(-c2cccc(-c3ccc4c(c3)-c3ccccc3C4(c3ccccc3)c3ccccc3)c2)cc1.Cc1ccc(C2(c3ccccc3)c3ccccc3-c3ccccc32)cc1.Cc1cccc(-c2cccc(-c3ccc4c(c3)-c3ccccc3C4(c3ccccc3)c3ccccc3)c2)c1.Cc1ccccc1-c1cccc(-c2ccc3c(c2)-c2ccccc2C3(c2ccccc2)c2ccccc2)c1. The first-order valence-corrected chi connectivity index (χ1v) is 49.0. The molecule has 0 amide bonds. The lowest BCUT2D eigenvalue weighted by molar-refractivity contribution is 0.768. The zero-order chi connectivity index (χ0) is 94.1. The molecule has 0 fully saturated rings. The molecule has 0 spiro atoms. The minimum absolute atomic E-state index is 0.262. The van der Waals surface area contributed by atoms with E-state index in [-0.39, 0.29) is 21.7 Å². The van der Waals surface area contributed by atoms with Crippen molar-refractivity contribution < 1.29 is 0 Å². The Balaban J connectivity index is 0.000000105. The fraction of sp³-hybridized carbons (Fsp3) is 0.0571. The van der Waals surface area contributed by atoms with Crippen molar-refractivity contribution in [1.29, 1.82) is 0 Å². The second-order valence-corrected chi connectivity index (χ2v) is 37.7. The van der Waals surface area contributed by atoms with Gasteiger partial charge in [-0.15, -0.1) is 0 Å². The molecule has 140 heavy (non-hydrogen) atoms. The van der Waals surface area contributed by atoms with Crippen molar-refractivity contribution in [2.24, 2.45) is 0 Å². The lowest BCUT2D eigenvalue weighted by Gasteiger charge is -2.33. The Morgan fingerprint density at radius 1 is 0.107 bits per heavy atom. The van der Waals surface area contributed by atoms with E-state index in [2.05, 4.69) is 586 Å². The second-order valence-electron chi connectivity index (χ2n) is 37.7. The van der Waals surface area contributed by atoms with Gasteiger partial charge in [-0.1, -0.05) is 538 Å². The summed E-state index contributed by atoms with van der Waals surface area (Å²) in [6.07, 6.45) is 0. The zero-order valence-corrected chi connectivity index (χ0v) is 79.1. The van der Waals surface area contributed by atoms with Crippen molar-refractivity contribution >= 4 is 0 Å². The van der Waals surface area contributed by atoms with Gasteiger partial charge < -0.3 is 0 Å². The van der Waals surface area contributed by atoms with Gasteiger partial charge in [0.2, 0.25) is 0 Å². The molecule has 0 N–H and O–H groups in total. The lowest BCUT2D eigenvalue weighted by Crippen LogP contribution is -2.28. The molecule has 4 aliphatic carbocycles. The van der Waals surface area contributed by atoms with Gasteiger partial charge >= 0.3 is 0 Å². The Hall–Kier alpha value is -17.2. The predicted octanol–water partition coefficient (Wildman–Crippen LogP) is 35.4. The zero-order valence-electron chi connectivity index (χ0n) is 79.1. The molecule has 0 bridgehead atoms. The van der Waals surface area contributed by atoms with E-state index in [9.17, 15) is 0 Å². The topological polar surface area (TPSA) is 0 Å². The molecule has 4 aliphatic rings. The number of rotatable bonds is 14. The van der Waals surface area contributed by atoms with Crippen LogP contribution in [0, 0.1) is 27.7 Å². The summed E-state index contributed by atoms with van der Waals surface area (Å²) in [5.74, 6) is 0. The molecule has 26 rings (SSSR count). The Morgan fingerprint density at radius 3 is 0.600 bits per heavy atom. The predicted molar refractivity (Wildman–Crippen MR) is 587 cm³/mol. The number of fused-ring (bicyclic) bond motifs is 12. The summed E-state index contributed by atoms with van der Waals surface area (Å²) < 4.78 is 0. The van der Waals surface area contributed by atoms with Crippen LogP contribution in [-0.4, -0.2) is 0 Å². The minimum atomic E-state index is -0.351. The van der Waals surface area contributed by atoms with Crippen LogP contribution in [0.4, 0.5) is 0 Å². The largest absolute Gasteiger partial charge is 0.0713 e. The molecule has 0 heterocycles. The van der Waals surface area contributed by atoms with Gasteiger partial charge in [-0.2, -0.15) is 0 Å². The summed E-state index contributed by atoms with van der Waals surface area (Å²) in [4.78, 5) is 0. The maximum absolute atomic E-state index is 2.40. The summed E-state index contributed by atoms with van der Waals surface area (Å²) in [6, 6.07) is 204. The molecule has 0 nitrogen and oxygen atoms in total. The maximum Gasteiger partial charge on any atom is 0.0713 e. The van der Waals surface area contributed by atoms with Crippen molar-refractivity contribution in [2.45, 2.75) is 49.4 Å². The number of aryl methyl sites for hydroxylation is 4. The monoisotopic (exact) mass is 1780 g/mol. The summed E-state index contributed by atoms with van der Waals surface area (Å²) in [5, 5.41) is 0. The van der Waals surface area contributed by atoms with Crippen LogP contribution in [0.5, 0.6) is 0 Å². The molecule has 0 radical (unpaired) electrons. The summed E-state index contributed by atoms with van der Waals surface area (Å²) in [5.41, 5.74) is 50.6. The molecule has 0 atom stereocenters. The van der Waals surface area contributed by atoms with Crippen LogP contribution in [0.15, 0.2) is 558 Å². The van der Waals surface area contributed by atoms with E-state index in [1.54, 1.807) is 0 Å². The quantitative estimate of drug-likeness (QED) is 0.102. The fourth-order valence-corrected chi connectivity index (χ4v) is 23.5. The standard InChI is InChI=1S/3C38H28.C26H20/c1-27-12-10-13-28(24-27)29-14-11-15-30(25-29)31-22-23-37-35(26-31)34-20-8-9-21-36(34)38(37,32-16-4-2-5-17-32)33-18-6-3-7-19-33;1-27-13-8-9-20-33(27)30-15-12-14-28(25-30)29-23-24-37-35(26-29)34-21-10-11-22-36(34)38(37,31-16-4-2-5-17-31)32-18-6-3-7-19-32;1-27-19-21-28(22-20-27)29-11-10-12-30(25-29)31-23-24-37-35(26-31)34-17-8-9-18-36(34)38(37,32-13-4-2-5-14-32)33-15-6-3-7-16-33;1-19-15-17-21(18-16-19)26(20-9-3-2-4-10-20)24-13-7-5-11-22(24)23-12-6-8-14-25(23)26/h3*2-26H,1H3;2-18H,1H3. The summed E-state index contributed by atoms with van der Waals surface area (Å²) in [6.45, 7) is 8.61. The lowest BCUT2D eigenvalue weighted by atomic mass is 9.67. The Kier molecular flexibility index (Phi) is 23.1. The summed E-state index contributed by atoms with van der Waals surface area (Å²) >= 11 is 0. The van der Waals surface area contributed by atoms with Crippen molar-refractivity contribution in [1.82, 2.24) is 0 Å². The third-order valence-electron chi connectivity index (χ3n) is 29.8. The molecule has 664 valence electrons. The van der Waals surface area contributed by atoms with Gasteiger partial charge in [-0.25, -0.2) is 0 Å². The molecule has 0 unspecified atom stereocenters. The molecule has 0 aliphatic heterocycles. The van der Waals surface area contributed by atoms with Crippen LogP contribution >= 0.6 is 0 Å². The maximum atomic E-state index is 2.40. The van der Waals surface area contributed by atoms with Crippen LogP contribution < -0.4 is 0 Å². The van der Waals surface area contributed by atoms with E-state index in [4.69, 9.17) is 0 Å². The first-order valence-electron chi connectivity index (χ1n) is 49.0. The number of benzene rings is 22. The Labute approximate surface area is 824 Å². The van der Waals surface area contributed by atoms with Gasteiger partial charge in [0.05, 0.1) is 21.7 Å². The average Bonchev–Trinajstić information content (AvgIpc) is 1.56. The molecule has 22 aromatic rings. The van der Waals surface area contributed by atoms with Gasteiger partial charge in [0.1, 0.15) is 0 Å². The van der Waals surface area contributed by atoms with Crippen LogP contribution in [0.25, 0.3) is 111 Å². The van der Waals surface area contributed by atoms with Gasteiger partial charge in [-0.05, 0) is 270 Å². The van der Waals surface area contributed by atoms with Gasteiger partial charge in [-0.3, -0.25) is 0 Å². The van der Waals surface area contributed by atoms with Crippen molar-refractivity contribution in [3.63, 3.8) is 0 Å². The first-order chi connectivity index (χ1) is 69.1. The molecule has 0 saturated carbocycles. The van der Waals surface area contributed by atoms with Gasteiger partial charge in [0.25, 0.3) is 0 Å². The fourth-order valence-electron chi connectivity index (χ4n) is 23.5. The van der Waals surface area contributed by atoms with Gasteiger partial charge in [0, 0.05) is 0 Å². The van der Waals surface area contributed by atoms with Crippen LogP contribution in [-0.2, 0) is 21.7 Å². The van der Waals surface area contributed by atoms with E-state index in [0.717, 1.165) is 0 Å². The Bertz CT molecular complexity index is 8110. The highest BCUT2D eigenvalue weighted by Gasteiger charge is 2.50. The molecule has 0 aromatic heterocycles. The van der Waals surface area contributed by atoms with E-state index >= 15 is 0 Å². The second kappa shape index (κ2) is 37.1. The number of hydrogen-bond donors (Lipinski definition) is 0. The Morgan fingerprint density at radius 2 is 0.307 bits per heavy atom. The normalized spacial score (nSPS) is 13.2. The highest BCUT2D eigenvalue weighted by molar-refractivity contribution is 5.94. The van der Waals surface area contributed by atoms with Crippen molar-refractivity contribution in [2.75, 3.05) is 0 Å². The van der Waals surface area contributed by atoms with E-state index < -0.39 is 0 Å². The van der Waals surface area contributed by atoms with Crippen LogP contribution in [0.1, 0.15) is 111 Å². The third kappa shape index (κ3) is 15.0. The van der Waals surface area contributed by atoms with E-state index in [0.29, 0.717) is 0 Å². The number of hydrogen-bond acceptors (Lipinski definition) is 0. The summed E-state index contributed by atoms with van der Waals surface area (Å²) in [7, 11) is 0. The van der Waals surface area contributed by atoms with Gasteiger partial charge in [0.15, 0.2) is 0 Å². The highest BCUT2D eigenvalue weighted by Crippen LogP contribution is 2.62.